The summed E-state index contributed by atoms with van der Waals surface area (Å²) in [4.78, 5) is 0. The van der Waals surface area contributed by atoms with Crippen molar-refractivity contribution in [2.45, 2.75) is 12.8 Å². The zero-order valence-electron chi connectivity index (χ0n) is 6.88. The van der Waals surface area contributed by atoms with Gasteiger partial charge in [-0.1, -0.05) is 0 Å². The highest BCUT2D eigenvalue weighted by atomic mass is 16.5. The van der Waals surface area contributed by atoms with Gasteiger partial charge in [0, 0.05) is 6.61 Å². The number of nitrogens with two attached hydrogens (primary N) is 1. The summed E-state index contributed by atoms with van der Waals surface area (Å²) in [5.41, 5.74) is 5.28. The zero-order valence-corrected chi connectivity index (χ0v) is 6.88. The number of hydrogen-bond acceptors (Lipinski definition) is 4. The molecule has 0 spiro atoms. The Morgan fingerprint density at radius 3 is 2.82 bits per heavy atom. The minimum Gasteiger partial charge on any atom is -0.396 e. The molecule has 0 saturated carbocycles. The van der Waals surface area contributed by atoms with Crippen LogP contribution < -0.4 is 11.1 Å². The molecule has 0 radical (unpaired) electrons. The van der Waals surface area contributed by atoms with Gasteiger partial charge in [0.25, 0.3) is 0 Å². The first kappa shape index (κ1) is 10.8. The average molecular weight is 162 g/mol. The van der Waals surface area contributed by atoms with Crippen molar-refractivity contribution >= 4 is 0 Å². The van der Waals surface area contributed by atoms with Crippen LogP contribution in [-0.2, 0) is 4.74 Å². The van der Waals surface area contributed by atoms with Crippen LogP contribution >= 0.6 is 0 Å². The van der Waals surface area contributed by atoms with Gasteiger partial charge in [-0.2, -0.15) is 0 Å². The fourth-order valence-corrected chi connectivity index (χ4v) is 0.610. The van der Waals surface area contributed by atoms with Crippen LogP contribution in [0.3, 0.4) is 0 Å². The molecule has 0 heterocycles. The van der Waals surface area contributed by atoms with Crippen molar-refractivity contribution in [3.8, 4) is 0 Å². The van der Waals surface area contributed by atoms with E-state index in [0.29, 0.717) is 26.3 Å². The highest BCUT2D eigenvalue weighted by molar-refractivity contribution is 4.42. The molecular formula is C7H18N2O2. The molecule has 0 rings (SSSR count). The van der Waals surface area contributed by atoms with Crippen LogP contribution in [0, 0.1) is 0 Å². The molecule has 0 aliphatic rings. The van der Waals surface area contributed by atoms with Crippen LogP contribution in [0.25, 0.3) is 0 Å². The molecule has 4 nitrogen and oxygen atoms in total. The Bertz CT molecular complexity index is 63.5. The van der Waals surface area contributed by atoms with E-state index in [0.717, 1.165) is 13.0 Å². The first-order valence-electron chi connectivity index (χ1n) is 4.01. The van der Waals surface area contributed by atoms with Crippen LogP contribution in [0.5, 0.6) is 0 Å². The Morgan fingerprint density at radius 1 is 1.36 bits per heavy atom. The highest BCUT2D eigenvalue weighted by Crippen LogP contribution is 1.78. The molecule has 0 saturated heterocycles. The van der Waals surface area contributed by atoms with Gasteiger partial charge in [-0.15, -0.1) is 0 Å². The van der Waals surface area contributed by atoms with Crippen molar-refractivity contribution in [3.63, 3.8) is 0 Å². The molecule has 4 N–H and O–H groups in total. The zero-order chi connectivity index (χ0) is 8.36. The fourth-order valence-electron chi connectivity index (χ4n) is 0.610. The predicted molar refractivity (Wildman–Crippen MR) is 44.2 cm³/mol. The van der Waals surface area contributed by atoms with Gasteiger partial charge in [0.05, 0.1) is 13.3 Å². The third kappa shape index (κ3) is 9.84. The maximum absolute atomic E-state index is 8.39. The largest absolute Gasteiger partial charge is 0.396 e. The number of rotatable bonds is 8. The van der Waals surface area contributed by atoms with Gasteiger partial charge < -0.3 is 15.6 Å². The summed E-state index contributed by atoms with van der Waals surface area (Å²) in [6.45, 7) is 2.98. The van der Waals surface area contributed by atoms with Crippen LogP contribution in [-0.4, -0.2) is 38.1 Å². The lowest BCUT2D eigenvalue weighted by Crippen LogP contribution is -2.21. The molecule has 0 aromatic rings. The summed E-state index contributed by atoms with van der Waals surface area (Å²) < 4.78 is 5.11. The first-order valence-corrected chi connectivity index (χ1v) is 4.01. The van der Waals surface area contributed by atoms with Gasteiger partial charge in [-0.05, 0) is 25.9 Å². The smallest absolute Gasteiger partial charge is 0.0965 e. The topological polar surface area (TPSA) is 67.5 Å². The molecule has 0 aliphatic carbocycles. The van der Waals surface area contributed by atoms with E-state index in [1.165, 1.54) is 0 Å². The molecule has 0 aromatic carbocycles. The fraction of sp³-hybridized carbons (Fsp3) is 1.00. The number of aliphatic hydroxyl groups is 1. The average Bonchev–Trinajstić information content (AvgIpc) is 2.03. The normalized spacial score (nSPS) is 10.4. The van der Waals surface area contributed by atoms with Crippen molar-refractivity contribution in [1.29, 1.82) is 0 Å². The second kappa shape index (κ2) is 9.84. The first-order chi connectivity index (χ1) is 5.41. The molecule has 0 bridgehead atoms. The Hall–Kier alpha value is -0.160. The summed E-state index contributed by atoms with van der Waals surface area (Å²) in [5.74, 6) is 0. The summed E-state index contributed by atoms with van der Waals surface area (Å²) in [6, 6.07) is 0. The minimum absolute atomic E-state index is 0.197. The summed E-state index contributed by atoms with van der Waals surface area (Å²) in [7, 11) is 0. The summed E-state index contributed by atoms with van der Waals surface area (Å²) >= 11 is 0. The molecule has 11 heavy (non-hydrogen) atoms. The lowest BCUT2D eigenvalue weighted by molar-refractivity contribution is 0.101. The Morgan fingerprint density at radius 2 is 2.18 bits per heavy atom. The van der Waals surface area contributed by atoms with Crippen LogP contribution in [0.1, 0.15) is 12.8 Å². The number of hydrogen-bond donors (Lipinski definition) is 3. The second-order valence-corrected chi connectivity index (χ2v) is 2.27. The molecule has 68 valence electrons. The van der Waals surface area contributed by atoms with Crippen LogP contribution in [0.15, 0.2) is 0 Å². The van der Waals surface area contributed by atoms with E-state index < -0.39 is 0 Å². The molecular weight excluding hydrogens is 144 g/mol. The molecule has 0 aliphatic heterocycles. The van der Waals surface area contributed by atoms with Crippen molar-refractivity contribution in [3.05, 3.63) is 0 Å². The number of ether oxygens (including phenoxy) is 1. The van der Waals surface area contributed by atoms with E-state index in [4.69, 9.17) is 15.6 Å². The standard InChI is InChI=1S/C7H18N2O2/c8-3-1-4-9-7-11-6-2-5-10/h9-10H,1-8H2. The van der Waals surface area contributed by atoms with Gasteiger partial charge in [0.2, 0.25) is 0 Å². The van der Waals surface area contributed by atoms with Gasteiger partial charge in [-0.3, -0.25) is 5.32 Å². The Labute approximate surface area is 67.7 Å². The van der Waals surface area contributed by atoms with Crippen molar-refractivity contribution in [2.75, 3.05) is 33.0 Å². The lowest BCUT2D eigenvalue weighted by atomic mass is 10.4. The third-order valence-electron chi connectivity index (χ3n) is 1.21. The van der Waals surface area contributed by atoms with E-state index in [1.807, 2.05) is 0 Å². The monoisotopic (exact) mass is 162 g/mol. The summed E-state index contributed by atoms with van der Waals surface area (Å²) in [6.07, 6.45) is 1.68. The van der Waals surface area contributed by atoms with Crippen molar-refractivity contribution in [1.82, 2.24) is 5.32 Å². The van der Waals surface area contributed by atoms with Crippen LogP contribution in [0.4, 0.5) is 0 Å². The number of aliphatic hydroxyl groups excluding tert-OH is 1. The molecule has 0 fully saturated rings. The highest BCUT2D eigenvalue weighted by Gasteiger charge is 1.86. The van der Waals surface area contributed by atoms with Gasteiger partial charge in [0.1, 0.15) is 0 Å². The SMILES string of the molecule is NCCCNCOCCCO. The maximum Gasteiger partial charge on any atom is 0.0965 e. The summed E-state index contributed by atoms with van der Waals surface area (Å²) in [5, 5.41) is 11.5. The number of nitrogens with one attached hydrogen (secondary N) is 1. The van der Waals surface area contributed by atoms with E-state index in [9.17, 15) is 0 Å². The van der Waals surface area contributed by atoms with Crippen LogP contribution in [0.2, 0.25) is 0 Å². The molecule has 4 heteroatoms. The Kier molecular flexibility index (Phi) is 9.70. The third-order valence-corrected chi connectivity index (χ3v) is 1.21. The Balaban J connectivity index is 2.69. The van der Waals surface area contributed by atoms with Crippen molar-refractivity contribution in [2.24, 2.45) is 5.73 Å². The molecule has 0 aromatic heterocycles. The maximum atomic E-state index is 8.39. The van der Waals surface area contributed by atoms with Gasteiger partial charge >= 0.3 is 0 Å². The quantitative estimate of drug-likeness (QED) is 0.325. The van der Waals surface area contributed by atoms with E-state index in [2.05, 4.69) is 5.32 Å². The lowest BCUT2D eigenvalue weighted by Gasteiger charge is -2.03. The van der Waals surface area contributed by atoms with E-state index in [1.54, 1.807) is 0 Å². The second-order valence-electron chi connectivity index (χ2n) is 2.27. The van der Waals surface area contributed by atoms with E-state index >= 15 is 0 Å². The van der Waals surface area contributed by atoms with Crippen molar-refractivity contribution < 1.29 is 9.84 Å². The van der Waals surface area contributed by atoms with Gasteiger partial charge in [0.15, 0.2) is 0 Å². The predicted octanol–water partition coefficient (Wildman–Crippen LogP) is -0.719. The van der Waals surface area contributed by atoms with Gasteiger partial charge in [-0.25, -0.2) is 0 Å². The molecule has 0 unspecified atom stereocenters. The minimum atomic E-state index is 0.197. The van der Waals surface area contributed by atoms with E-state index in [-0.39, 0.29) is 6.61 Å². The molecule has 0 atom stereocenters. The molecule has 0 amide bonds.